The Morgan fingerprint density at radius 3 is 2.52 bits per heavy atom. The number of hydrogen-bond acceptors (Lipinski definition) is 3. The lowest BCUT2D eigenvalue weighted by Crippen LogP contribution is -2.38. The van der Waals surface area contributed by atoms with Gasteiger partial charge < -0.3 is 5.32 Å². The van der Waals surface area contributed by atoms with Crippen molar-refractivity contribution in [2.24, 2.45) is 5.92 Å². The maximum atomic E-state index is 12.9. The van der Waals surface area contributed by atoms with Crippen molar-refractivity contribution in [2.75, 3.05) is 20.1 Å². The Morgan fingerprint density at radius 1 is 1.33 bits per heavy atom. The summed E-state index contributed by atoms with van der Waals surface area (Å²) in [6, 6.07) is 3.79. The predicted octanol–water partition coefficient (Wildman–Crippen LogP) is 2.90. The second kappa shape index (κ2) is 6.77. The minimum absolute atomic E-state index is 0.391. The monoisotopic (exact) mass is 374 g/mol. The zero-order chi connectivity index (χ0) is 15.6. The number of benzene rings is 1. The highest BCUT2D eigenvalue weighted by Gasteiger charge is 2.30. The molecular formula is C15H23BrN2O2S. The molecule has 1 heterocycles. The highest BCUT2D eigenvalue weighted by Crippen LogP contribution is 2.31. The van der Waals surface area contributed by atoms with Crippen LogP contribution in [0, 0.1) is 12.8 Å². The number of nitrogens with zero attached hydrogens (tertiary/aromatic N) is 1. The number of hydrogen-bond donors (Lipinski definition) is 1. The Hall–Kier alpha value is -0.430. The highest BCUT2D eigenvalue weighted by molar-refractivity contribution is 9.10. The Balaban J connectivity index is 2.39. The van der Waals surface area contributed by atoms with Crippen LogP contribution in [0.25, 0.3) is 0 Å². The molecule has 0 spiro atoms. The van der Waals surface area contributed by atoms with E-state index >= 15 is 0 Å². The zero-order valence-corrected chi connectivity index (χ0v) is 15.2. The number of aryl methyl sites for hydroxylation is 1. The third-order valence-electron chi connectivity index (χ3n) is 4.02. The first-order valence-electron chi connectivity index (χ1n) is 7.30. The lowest BCUT2D eigenvalue weighted by Gasteiger charge is -2.30. The minimum Gasteiger partial charge on any atom is -0.316 e. The van der Waals surface area contributed by atoms with Gasteiger partial charge in [0.05, 0.1) is 4.90 Å². The van der Waals surface area contributed by atoms with Crippen LogP contribution in [-0.4, -0.2) is 32.9 Å². The molecule has 0 unspecified atom stereocenters. The summed E-state index contributed by atoms with van der Waals surface area (Å²) < 4.78 is 28.1. The van der Waals surface area contributed by atoms with Gasteiger partial charge in [-0.25, -0.2) is 8.42 Å². The number of halogens is 1. The van der Waals surface area contributed by atoms with E-state index in [1.165, 1.54) is 0 Å². The SMILES string of the molecule is CNCc1cc(C)c(Br)c(S(=O)(=O)N2CCC(C)CC2)c1. The predicted molar refractivity (Wildman–Crippen MR) is 88.8 cm³/mol. The second-order valence-electron chi connectivity index (χ2n) is 5.84. The third-order valence-corrected chi connectivity index (χ3v) is 7.26. The smallest absolute Gasteiger partial charge is 0.244 e. The van der Waals surface area contributed by atoms with Gasteiger partial charge >= 0.3 is 0 Å². The Bertz CT molecular complexity index is 608. The average molecular weight is 375 g/mol. The van der Waals surface area contributed by atoms with E-state index in [0.717, 1.165) is 24.0 Å². The quantitative estimate of drug-likeness (QED) is 0.881. The van der Waals surface area contributed by atoms with Crippen LogP contribution in [0.1, 0.15) is 30.9 Å². The first kappa shape index (κ1) is 16.9. The van der Waals surface area contributed by atoms with Gasteiger partial charge in [-0.2, -0.15) is 4.31 Å². The van der Waals surface area contributed by atoms with Gasteiger partial charge in [-0.15, -0.1) is 0 Å². The molecule has 6 heteroatoms. The van der Waals surface area contributed by atoms with E-state index in [1.54, 1.807) is 10.4 Å². The maximum absolute atomic E-state index is 12.9. The van der Waals surface area contributed by atoms with Gasteiger partial charge in [0.2, 0.25) is 10.0 Å². The summed E-state index contributed by atoms with van der Waals surface area (Å²) in [7, 11) is -1.56. The summed E-state index contributed by atoms with van der Waals surface area (Å²) in [5.41, 5.74) is 1.94. The zero-order valence-electron chi connectivity index (χ0n) is 12.8. The third kappa shape index (κ3) is 3.67. The first-order chi connectivity index (χ1) is 9.86. The number of nitrogens with one attached hydrogen (secondary N) is 1. The van der Waals surface area contributed by atoms with Crippen LogP contribution in [0.5, 0.6) is 0 Å². The van der Waals surface area contributed by atoms with Crippen molar-refractivity contribution >= 4 is 26.0 Å². The van der Waals surface area contributed by atoms with Crippen LogP contribution >= 0.6 is 15.9 Å². The Labute approximate surface area is 136 Å². The van der Waals surface area contributed by atoms with Gasteiger partial charge in [-0.1, -0.05) is 13.0 Å². The molecule has 1 aliphatic rings. The van der Waals surface area contributed by atoms with Crippen LogP contribution in [-0.2, 0) is 16.6 Å². The summed E-state index contributed by atoms with van der Waals surface area (Å²) in [5, 5.41) is 3.07. The number of piperidine rings is 1. The minimum atomic E-state index is -3.42. The molecule has 118 valence electrons. The molecule has 2 rings (SSSR count). The highest BCUT2D eigenvalue weighted by atomic mass is 79.9. The molecule has 0 aliphatic carbocycles. The molecule has 0 amide bonds. The van der Waals surface area contributed by atoms with Crippen LogP contribution < -0.4 is 5.32 Å². The molecule has 1 aromatic carbocycles. The summed E-state index contributed by atoms with van der Waals surface area (Å²) in [6.07, 6.45) is 1.87. The summed E-state index contributed by atoms with van der Waals surface area (Å²) in [6.45, 7) is 6.00. The molecule has 1 aromatic rings. The van der Waals surface area contributed by atoms with Crippen molar-refractivity contribution in [1.82, 2.24) is 9.62 Å². The number of rotatable bonds is 4. The van der Waals surface area contributed by atoms with E-state index in [-0.39, 0.29) is 0 Å². The maximum Gasteiger partial charge on any atom is 0.244 e. The van der Waals surface area contributed by atoms with E-state index in [2.05, 4.69) is 28.2 Å². The van der Waals surface area contributed by atoms with E-state index in [1.807, 2.05) is 20.0 Å². The lowest BCUT2D eigenvalue weighted by molar-refractivity contribution is 0.288. The first-order valence-corrected chi connectivity index (χ1v) is 9.53. The fourth-order valence-electron chi connectivity index (χ4n) is 2.67. The average Bonchev–Trinajstić information content (AvgIpc) is 2.43. The fraction of sp³-hybridized carbons (Fsp3) is 0.600. The molecule has 0 bridgehead atoms. The molecule has 0 radical (unpaired) electrons. The molecule has 0 atom stereocenters. The Morgan fingerprint density at radius 2 is 1.95 bits per heavy atom. The van der Waals surface area contributed by atoms with E-state index in [4.69, 9.17) is 0 Å². The molecule has 1 aliphatic heterocycles. The van der Waals surface area contributed by atoms with Crippen LogP contribution in [0.2, 0.25) is 0 Å². The van der Waals surface area contributed by atoms with Gasteiger partial charge in [0.25, 0.3) is 0 Å². The van der Waals surface area contributed by atoms with Crippen molar-refractivity contribution < 1.29 is 8.42 Å². The van der Waals surface area contributed by atoms with Gasteiger partial charge in [-0.3, -0.25) is 0 Å². The van der Waals surface area contributed by atoms with Crippen molar-refractivity contribution in [3.05, 3.63) is 27.7 Å². The largest absolute Gasteiger partial charge is 0.316 e. The van der Waals surface area contributed by atoms with Gasteiger partial charge in [0.1, 0.15) is 0 Å². The van der Waals surface area contributed by atoms with Crippen LogP contribution in [0.15, 0.2) is 21.5 Å². The van der Waals surface area contributed by atoms with Gasteiger partial charge in [-0.05, 0) is 65.9 Å². The molecule has 1 fully saturated rings. The summed E-state index contributed by atoms with van der Waals surface area (Å²) in [5.74, 6) is 0.609. The van der Waals surface area contributed by atoms with Gasteiger partial charge in [0, 0.05) is 24.1 Å². The molecule has 0 aromatic heterocycles. The van der Waals surface area contributed by atoms with E-state index in [0.29, 0.717) is 34.9 Å². The standard InChI is InChI=1S/C15H23BrN2O2S/c1-11-4-6-18(7-5-11)21(19,20)14-9-13(10-17-3)8-12(2)15(14)16/h8-9,11,17H,4-7,10H2,1-3H3. The van der Waals surface area contributed by atoms with Crippen molar-refractivity contribution in [3.63, 3.8) is 0 Å². The molecule has 4 nitrogen and oxygen atoms in total. The van der Waals surface area contributed by atoms with Crippen molar-refractivity contribution in [1.29, 1.82) is 0 Å². The van der Waals surface area contributed by atoms with Crippen molar-refractivity contribution in [3.8, 4) is 0 Å². The van der Waals surface area contributed by atoms with Crippen molar-refractivity contribution in [2.45, 2.75) is 38.1 Å². The Kier molecular flexibility index (Phi) is 5.46. The fourth-order valence-corrected chi connectivity index (χ4v) is 5.17. The topological polar surface area (TPSA) is 49.4 Å². The van der Waals surface area contributed by atoms with Crippen LogP contribution in [0.4, 0.5) is 0 Å². The summed E-state index contributed by atoms with van der Waals surface area (Å²) >= 11 is 3.45. The molecule has 21 heavy (non-hydrogen) atoms. The summed E-state index contributed by atoms with van der Waals surface area (Å²) in [4.78, 5) is 0.391. The molecule has 1 saturated heterocycles. The number of sulfonamides is 1. The van der Waals surface area contributed by atoms with Crippen LogP contribution in [0.3, 0.4) is 0 Å². The normalized spacial score (nSPS) is 18.1. The molecule has 1 N–H and O–H groups in total. The second-order valence-corrected chi connectivity index (χ2v) is 8.54. The molecular weight excluding hydrogens is 352 g/mol. The van der Waals surface area contributed by atoms with E-state index in [9.17, 15) is 8.42 Å². The molecule has 0 saturated carbocycles. The lowest BCUT2D eigenvalue weighted by atomic mass is 10.0. The van der Waals surface area contributed by atoms with Gasteiger partial charge in [0.15, 0.2) is 0 Å². The van der Waals surface area contributed by atoms with E-state index < -0.39 is 10.0 Å².